The van der Waals surface area contributed by atoms with Crippen molar-refractivity contribution in [1.82, 2.24) is 5.32 Å². The number of benzene rings is 2. The van der Waals surface area contributed by atoms with Gasteiger partial charge in [0.15, 0.2) is 0 Å². The molecule has 0 aliphatic carbocycles. The fourth-order valence-corrected chi connectivity index (χ4v) is 2.34. The van der Waals surface area contributed by atoms with Gasteiger partial charge >= 0.3 is 0 Å². The molecule has 1 unspecified atom stereocenters. The van der Waals surface area contributed by atoms with Gasteiger partial charge in [0.05, 0.1) is 19.8 Å². The number of aliphatic hydroxyl groups is 1. The highest BCUT2D eigenvalue weighted by atomic mass is 16.5. The van der Waals surface area contributed by atoms with Gasteiger partial charge in [0.2, 0.25) is 0 Å². The van der Waals surface area contributed by atoms with Gasteiger partial charge in [-0.25, -0.2) is 0 Å². The predicted octanol–water partition coefficient (Wildman–Crippen LogP) is 2.34. The van der Waals surface area contributed by atoms with Crippen molar-refractivity contribution >= 4 is 5.91 Å². The van der Waals surface area contributed by atoms with Crippen LogP contribution in [0.2, 0.25) is 0 Å². The number of methoxy groups -OCH3 is 1. The monoisotopic (exact) mass is 299 g/mol. The number of rotatable bonds is 6. The van der Waals surface area contributed by atoms with Crippen LogP contribution in [0.25, 0.3) is 0 Å². The molecule has 1 atom stereocenters. The van der Waals surface area contributed by atoms with Crippen molar-refractivity contribution in [3.63, 3.8) is 0 Å². The van der Waals surface area contributed by atoms with Gasteiger partial charge in [-0.1, -0.05) is 30.3 Å². The van der Waals surface area contributed by atoms with E-state index < -0.39 is 0 Å². The quantitative estimate of drug-likeness (QED) is 0.861. The van der Waals surface area contributed by atoms with Gasteiger partial charge in [-0.05, 0) is 42.7 Å². The molecule has 0 aliphatic rings. The summed E-state index contributed by atoms with van der Waals surface area (Å²) >= 11 is 0. The van der Waals surface area contributed by atoms with Gasteiger partial charge in [-0.3, -0.25) is 4.79 Å². The molecule has 22 heavy (non-hydrogen) atoms. The summed E-state index contributed by atoms with van der Waals surface area (Å²) in [6.07, 6.45) is 0.596. The van der Waals surface area contributed by atoms with Crippen molar-refractivity contribution in [3.8, 4) is 5.75 Å². The van der Waals surface area contributed by atoms with E-state index in [0.717, 1.165) is 16.9 Å². The standard InChI is InChI=1S/C18H21NO3/c1-13-10-16(22-2)8-9-17(13)18(21)19-15(12-20)11-14-6-4-3-5-7-14/h3-10,15,20H,11-12H2,1-2H3,(H,19,21). The topological polar surface area (TPSA) is 58.6 Å². The summed E-state index contributed by atoms with van der Waals surface area (Å²) in [4.78, 5) is 12.4. The lowest BCUT2D eigenvalue weighted by molar-refractivity contribution is 0.0916. The Morgan fingerprint density at radius 1 is 1.23 bits per heavy atom. The van der Waals surface area contributed by atoms with Crippen LogP contribution in [0, 0.1) is 6.92 Å². The van der Waals surface area contributed by atoms with E-state index in [1.807, 2.05) is 43.3 Å². The van der Waals surface area contributed by atoms with Gasteiger partial charge in [-0.15, -0.1) is 0 Å². The molecule has 4 heteroatoms. The molecule has 1 amide bonds. The molecule has 2 N–H and O–H groups in total. The van der Waals surface area contributed by atoms with Crippen LogP contribution in [-0.2, 0) is 6.42 Å². The summed E-state index contributed by atoms with van der Waals surface area (Å²) in [6.45, 7) is 1.76. The maximum absolute atomic E-state index is 12.4. The van der Waals surface area contributed by atoms with Crippen LogP contribution in [0.4, 0.5) is 0 Å². The molecular formula is C18H21NO3. The summed E-state index contributed by atoms with van der Waals surface area (Å²) in [5, 5.41) is 12.4. The van der Waals surface area contributed by atoms with Crippen LogP contribution >= 0.6 is 0 Å². The highest BCUT2D eigenvalue weighted by molar-refractivity contribution is 5.96. The molecule has 0 aliphatic heterocycles. The van der Waals surface area contributed by atoms with Gasteiger partial charge in [-0.2, -0.15) is 0 Å². The molecule has 2 aromatic carbocycles. The summed E-state index contributed by atoms with van der Waals surface area (Å²) in [7, 11) is 1.59. The minimum absolute atomic E-state index is 0.101. The van der Waals surface area contributed by atoms with Crippen LogP contribution in [0.3, 0.4) is 0 Å². The number of carbonyl (C=O) groups excluding carboxylic acids is 1. The Hall–Kier alpha value is -2.33. The molecule has 116 valence electrons. The smallest absolute Gasteiger partial charge is 0.251 e. The highest BCUT2D eigenvalue weighted by Crippen LogP contribution is 2.17. The molecule has 4 nitrogen and oxygen atoms in total. The first-order valence-corrected chi connectivity index (χ1v) is 7.24. The largest absolute Gasteiger partial charge is 0.497 e. The summed E-state index contributed by atoms with van der Waals surface area (Å²) < 4.78 is 5.14. The summed E-state index contributed by atoms with van der Waals surface area (Å²) in [5.41, 5.74) is 2.51. The number of hydrogen-bond donors (Lipinski definition) is 2. The molecule has 0 fully saturated rings. The third kappa shape index (κ3) is 4.09. The molecular weight excluding hydrogens is 278 g/mol. The first-order chi connectivity index (χ1) is 10.6. The molecule has 0 saturated heterocycles. The zero-order valence-corrected chi connectivity index (χ0v) is 12.9. The molecule has 0 saturated carbocycles. The highest BCUT2D eigenvalue weighted by Gasteiger charge is 2.15. The van der Waals surface area contributed by atoms with Gasteiger partial charge in [0.25, 0.3) is 5.91 Å². The van der Waals surface area contributed by atoms with Crippen LogP contribution in [-0.4, -0.2) is 30.8 Å². The third-order valence-electron chi connectivity index (χ3n) is 3.56. The first-order valence-electron chi connectivity index (χ1n) is 7.24. The lowest BCUT2D eigenvalue weighted by Gasteiger charge is -2.17. The van der Waals surface area contributed by atoms with E-state index in [9.17, 15) is 9.90 Å². The average molecular weight is 299 g/mol. The maximum atomic E-state index is 12.4. The van der Waals surface area contributed by atoms with E-state index in [2.05, 4.69) is 5.32 Å². The van der Waals surface area contributed by atoms with Crippen LogP contribution < -0.4 is 10.1 Å². The number of aliphatic hydroxyl groups excluding tert-OH is 1. The molecule has 0 heterocycles. The van der Waals surface area contributed by atoms with Crippen molar-refractivity contribution in [3.05, 3.63) is 65.2 Å². The fourth-order valence-electron chi connectivity index (χ4n) is 2.34. The lowest BCUT2D eigenvalue weighted by atomic mass is 10.0. The molecule has 0 aromatic heterocycles. The van der Waals surface area contributed by atoms with Crippen molar-refractivity contribution in [1.29, 1.82) is 0 Å². The Labute approximate surface area is 130 Å². The van der Waals surface area contributed by atoms with Crippen molar-refractivity contribution < 1.29 is 14.6 Å². The van der Waals surface area contributed by atoms with E-state index >= 15 is 0 Å². The molecule has 0 radical (unpaired) electrons. The normalized spacial score (nSPS) is 11.8. The maximum Gasteiger partial charge on any atom is 0.251 e. The van der Waals surface area contributed by atoms with Crippen molar-refractivity contribution in [2.24, 2.45) is 0 Å². The Morgan fingerprint density at radius 3 is 2.55 bits per heavy atom. The Morgan fingerprint density at radius 2 is 1.95 bits per heavy atom. The minimum Gasteiger partial charge on any atom is -0.497 e. The average Bonchev–Trinajstić information content (AvgIpc) is 2.54. The minimum atomic E-state index is -0.309. The second kappa shape index (κ2) is 7.61. The van der Waals surface area contributed by atoms with E-state index in [0.29, 0.717) is 12.0 Å². The number of aryl methyl sites for hydroxylation is 1. The second-order valence-corrected chi connectivity index (χ2v) is 5.22. The van der Waals surface area contributed by atoms with E-state index in [1.165, 1.54) is 0 Å². The van der Waals surface area contributed by atoms with Gasteiger partial charge in [0, 0.05) is 5.56 Å². The van der Waals surface area contributed by atoms with Crippen molar-refractivity contribution in [2.45, 2.75) is 19.4 Å². The van der Waals surface area contributed by atoms with E-state index in [1.54, 1.807) is 19.2 Å². The van der Waals surface area contributed by atoms with Crippen LogP contribution in [0.1, 0.15) is 21.5 Å². The fraction of sp³-hybridized carbons (Fsp3) is 0.278. The zero-order chi connectivity index (χ0) is 15.9. The number of carbonyl (C=O) groups is 1. The second-order valence-electron chi connectivity index (χ2n) is 5.22. The lowest BCUT2D eigenvalue weighted by Crippen LogP contribution is -2.39. The Balaban J connectivity index is 2.06. The molecule has 0 bridgehead atoms. The van der Waals surface area contributed by atoms with Crippen LogP contribution in [0.5, 0.6) is 5.75 Å². The summed E-state index contributed by atoms with van der Waals surface area (Å²) in [5.74, 6) is 0.534. The SMILES string of the molecule is COc1ccc(C(=O)NC(CO)Cc2ccccc2)c(C)c1. The predicted molar refractivity (Wildman–Crippen MR) is 86.2 cm³/mol. The van der Waals surface area contributed by atoms with Gasteiger partial charge in [0.1, 0.15) is 5.75 Å². The van der Waals surface area contributed by atoms with E-state index in [4.69, 9.17) is 4.74 Å². The molecule has 0 spiro atoms. The number of ether oxygens (including phenoxy) is 1. The first kappa shape index (κ1) is 16.0. The third-order valence-corrected chi connectivity index (χ3v) is 3.56. The number of nitrogens with one attached hydrogen (secondary N) is 1. The van der Waals surface area contributed by atoms with Gasteiger partial charge < -0.3 is 15.2 Å². The summed E-state index contributed by atoms with van der Waals surface area (Å²) in [6, 6.07) is 14.8. The molecule has 2 aromatic rings. The number of hydrogen-bond acceptors (Lipinski definition) is 3. The van der Waals surface area contributed by atoms with E-state index in [-0.39, 0.29) is 18.6 Å². The molecule has 2 rings (SSSR count). The Bertz CT molecular complexity index is 625. The number of amides is 1. The zero-order valence-electron chi connectivity index (χ0n) is 12.9. The Kier molecular flexibility index (Phi) is 5.55. The van der Waals surface area contributed by atoms with Crippen molar-refractivity contribution in [2.75, 3.05) is 13.7 Å². The van der Waals surface area contributed by atoms with Crippen LogP contribution in [0.15, 0.2) is 48.5 Å².